The highest BCUT2D eigenvalue weighted by Crippen LogP contribution is 2.25. The second-order valence-electron chi connectivity index (χ2n) is 6.50. The fourth-order valence-corrected chi connectivity index (χ4v) is 3.16. The van der Waals surface area contributed by atoms with Gasteiger partial charge in [-0.15, -0.1) is 0 Å². The van der Waals surface area contributed by atoms with Crippen molar-refractivity contribution in [1.82, 2.24) is 10.3 Å². The number of aryl methyl sites for hydroxylation is 1. The number of anilines is 1. The fraction of sp³-hybridized carbons (Fsp3) is 0.250. The number of thioether (sulfide) groups is 1. The second kappa shape index (κ2) is 8.67. The van der Waals surface area contributed by atoms with E-state index in [1.807, 2.05) is 51.1 Å². The van der Waals surface area contributed by atoms with Crippen molar-refractivity contribution in [2.45, 2.75) is 31.8 Å². The van der Waals surface area contributed by atoms with Gasteiger partial charge in [0.25, 0.3) is 6.20 Å². The summed E-state index contributed by atoms with van der Waals surface area (Å²) >= 11 is 1.21. The Bertz CT molecular complexity index is 1020. The zero-order valence-corrected chi connectivity index (χ0v) is 16.7. The van der Waals surface area contributed by atoms with Crippen LogP contribution in [0.25, 0.3) is 11.3 Å². The largest absolute Gasteiger partial charge is 0.302 e. The number of rotatable bonds is 6. The molecule has 142 valence electrons. The van der Waals surface area contributed by atoms with Gasteiger partial charge in [-0.1, -0.05) is 41.6 Å². The van der Waals surface area contributed by atoms with Crippen molar-refractivity contribution in [2.75, 3.05) is 11.1 Å². The van der Waals surface area contributed by atoms with Crippen LogP contribution in [-0.4, -0.2) is 21.9 Å². The third-order valence-corrected chi connectivity index (χ3v) is 4.93. The van der Waals surface area contributed by atoms with Crippen molar-refractivity contribution in [3.05, 3.63) is 53.7 Å². The summed E-state index contributed by atoms with van der Waals surface area (Å²) in [6, 6.07) is 13.8. The predicted molar refractivity (Wildman–Crippen MR) is 106 cm³/mol. The molecule has 0 atom stereocenters. The van der Waals surface area contributed by atoms with Crippen molar-refractivity contribution >= 4 is 23.6 Å². The highest BCUT2D eigenvalue weighted by molar-refractivity contribution is 8.00. The third kappa shape index (κ3) is 4.75. The van der Waals surface area contributed by atoms with Gasteiger partial charge in [0, 0.05) is 5.56 Å². The Morgan fingerprint density at radius 2 is 2.04 bits per heavy atom. The molecule has 1 amide bonds. The predicted octanol–water partition coefficient (Wildman–Crippen LogP) is 3.52. The number of aromatic nitrogens is 3. The first-order chi connectivity index (χ1) is 13.5. The molecular formula is C20H20N5O2S+. The van der Waals surface area contributed by atoms with Crippen molar-refractivity contribution < 1.29 is 14.0 Å². The van der Waals surface area contributed by atoms with Gasteiger partial charge in [-0.05, 0) is 37.6 Å². The average Bonchev–Trinajstić information content (AvgIpc) is 3.15. The Labute approximate surface area is 167 Å². The fourth-order valence-electron chi connectivity index (χ4n) is 2.38. The quantitative estimate of drug-likeness (QED) is 0.508. The lowest BCUT2D eigenvalue weighted by Crippen LogP contribution is -2.36. The minimum absolute atomic E-state index is 0.0986. The van der Waals surface area contributed by atoms with Gasteiger partial charge >= 0.3 is 5.88 Å². The van der Waals surface area contributed by atoms with Crippen LogP contribution in [0.1, 0.15) is 31.0 Å². The van der Waals surface area contributed by atoms with Gasteiger partial charge in [0.15, 0.2) is 6.04 Å². The number of pyridine rings is 1. The van der Waals surface area contributed by atoms with Crippen LogP contribution in [-0.2, 0) is 4.79 Å². The molecule has 0 bridgehead atoms. The molecule has 7 nitrogen and oxygen atoms in total. The Kier molecular flexibility index (Phi) is 6.06. The number of hydrogen-bond acceptors (Lipinski definition) is 6. The molecular weight excluding hydrogens is 374 g/mol. The summed E-state index contributed by atoms with van der Waals surface area (Å²) in [5, 5.41) is 16.3. The zero-order chi connectivity index (χ0) is 20.1. The topological polar surface area (TPSA) is 95.7 Å². The molecule has 0 aliphatic carbocycles. The molecule has 1 N–H and O–H groups in total. The monoisotopic (exact) mass is 394 g/mol. The maximum absolute atomic E-state index is 12.2. The summed E-state index contributed by atoms with van der Waals surface area (Å²) in [6.45, 7) is 5.94. The number of carbonyl (C=O) groups is 1. The van der Waals surface area contributed by atoms with Crippen molar-refractivity contribution in [3.63, 3.8) is 0 Å². The summed E-state index contributed by atoms with van der Waals surface area (Å²) in [6.07, 6.45) is 1.63. The second-order valence-corrected chi connectivity index (χ2v) is 7.47. The molecule has 3 aromatic rings. The normalized spacial score (nSPS) is 10.7. The van der Waals surface area contributed by atoms with E-state index in [0.29, 0.717) is 10.6 Å². The Hall–Kier alpha value is -3.18. The first kappa shape index (κ1) is 19.6. The summed E-state index contributed by atoms with van der Waals surface area (Å²) in [5.41, 5.74) is 3.32. The number of nitrogens with zero attached hydrogens (tertiary/aromatic N) is 4. The molecule has 1 aromatic carbocycles. The van der Waals surface area contributed by atoms with Gasteiger partial charge in [0.05, 0.1) is 17.0 Å². The highest BCUT2D eigenvalue weighted by atomic mass is 32.2. The number of hydrogen-bond donors (Lipinski definition) is 1. The Morgan fingerprint density at radius 3 is 2.68 bits per heavy atom. The van der Waals surface area contributed by atoms with E-state index in [1.165, 1.54) is 11.8 Å². The SMILES string of the molecule is Cc1ccc(-c2ccc(C#N)c(SCC(=O)Nc3c[n+](C(C)C)no3)n2)cc1. The van der Waals surface area contributed by atoms with E-state index in [9.17, 15) is 10.1 Å². The van der Waals surface area contributed by atoms with E-state index in [0.717, 1.165) is 16.8 Å². The molecule has 2 aromatic heterocycles. The highest BCUT2D eigenvalue weighted by Gasteiger charge is 2.17. The molecule has 0 saturated heterocycles. The number of amides is 1. The van der Waals surface area contributed by atoms with E-state index in [4.69, 9.17) is 4.52 Å². The van der Waals surface area contributed by atoms with E-state index in [1.54, 1.807) is 16.9 Å². The van der Waals surface area contributed by atoms with Gasteiger partial charge in [-0.3, -0.25) is 14.6 Å². The van der Waals surface area contributed by atoms with Crippen LogP contribution >= 0.6 is 11.8 Å². The van der Waals surface area contributed by atoms with Crippen molar-refractivity contribution in [3.8, 4) is 17.3 Å². The molecule has 0 radical (unpaired) electrons. The maximum atomic E-state index is 12.2. The summed E-state index contributed by atoms with van der Waals surface area (Å²) in [5.74, 6) is 0.117. The van der Waals surface area contributed by atoms with Crippen molar-refractivity contribution in [1.29, 1.82) is 5.26 Å². The average molecular weight is 394 g/mol. The number of carbonyl (C=O) groups excluding carboxylic acids is 1. The standard InChI is InChI=1S/C20H19N5O2S/c1-13(2)25-11-19(27-24-25)23-18(26)12-28-20-16(10-21)8-9-17(22-20)15-6-4-14(3)5-7-15/h4-9,11,13H,12H2,1-3H3/p+1. The maximum Gasteiger partial charge on any atom is 0.302 e. The van der Waals surface area contributed by atoms with Gasteiger partial charge in [0.1, 0.15) is 11.1 Å². The molecule has 0 saturated carbocycles. The number of nitrogens with one attached hydrogen (secondary N) is 1. The van der Waals surface area contributed by atoms with Crippen LogP contribution in [0, 0.1) is 18.3 Å². The molecule has 0 aliphatic heterocycles. The van der Waals surface area contributed by atoms with Gasteiger partial charge in [-0.25, -0.2) is 4.98 Å². The van der Waals surface area contributed by atoms with Gasteiger partial charge < -0.3 is 0 Å². The van der Waals surface area contributed by atoms with Crippen LogP contribution in [0.3, 0.4) is 0 Å². The van der Waals surface area contributed by atoms with E-state index < -0.39 is 0 Å². The smallest absolute Gasteiger partial charge is 0.288 e. The molecule has 0 fully saturated rings. The zero-order valence-electron chi connectivity index (χ0n) is 15.8. The molecule has 0 unspecified atom stereocenters. The Balaban J connectivity index is 1.70. The molecule has 0 spiro atoms. The van der Waals surface area contributed by atoms with E-state index >= 15 is 0 Å². The summed E-state index contributed by atoms with van der Waals surface area (Å²) < 4.78 is 6.70. The minimum Gasteiger partial charge on any atom is -0.288 e. The van der Waals surface area contributed by atoms with E-state index in [-0.39, 0.29) is 23.6 Å². The van der Waals surface area contributed by atoms with Crippen LogP contribution in [0.4, 0.5) is 5.88 Å². The third-order valence-electron chi connectivity index (χ3n) is 3.94. The van der Waals surface area contributed by atoms with Crippen LogP contribution in [0.15, 0.2) is 52.1 Å². The van der Waals surface area contributed by atoms with Crippen molar-refractivity contribution in [2.24, 2.45) is 0 Å². The lowest BCUT2D eigenvalue weighted by atomic mass is 10.1. The first-order valence-electron chi connectivity index (χ1n) is 8.75. The summed E-state index contributed by atoms with van der Waals surface area (Å²) in [4.78, 5) is 16.8. The molecule has 8 heteroatoms. The minimum atomic E-state index is -0.261. The number of nitriles is 1. The van der Waals surface area contributed by atoms with Crippen LogP contribution in [0.5, 0.6) is 0 Å². The molecule has 0 aliphatic rings. The van der Waals surface area contributed by atoms with Crippen LogP contribution in [0.2, 0.25) is 0 Å². The lowest BCUT2D eigenvalue weighted by molar-refractivity contribution is -0.779. The van der Waals surface area contributed by atoms with E-state index in [2.05, 4.69) is 21.6 Å². The van der Waals surface area contributed by atoms with Gasteiger partial charge in [-0.2, -0.15) is 5.26 Å². The molecule has 3 rings (SSSR count). The first-order valence-corrected chi connectivity index (χ1v) is 9.74. The number of benzene rings is 1. The lowest BCUT2D eigenvalue weighted by Gasteiger charge is -2.07. The molecule has 2 heterocycles. The van der Waals surface area contributed by atoms with Crippen LogP contribution < -0.4 is 10.00 Å². The summed E-state index contributed by atoms with van der Waals surface area (Å²) in [7, 11) is 0. The Morgan fingerprint density at radius 1 is 1.29 bits per heavy atom. The van der Waals surface area contributed by atoms with Gasteiger partial charge in [0.2, 0.25) is 11.2 Å². The molecule has 28 heavy (non-hydrogen) atoms.